The molecular weight excluding hydrogens is 362 g/mol. The Balaban J connectivity index is 1.83. The van der Waals surface area contributed by atoms with E-state index in [4.69, 9.17) is 16.3 Å². The summed E-state index contributed by atoms with van der Waals surface area (Å²) in [7, 11) is 1.76. The number of nitrogens with zero attached hydrogens (tertiary/aromatic N) is 1. The van der Waals surface area contributed by atoms with Gasteiger partial charge >= 0.3 is 0 Å². The number of ether oxygens (including phenoxy) is 1. The third-order valence-corrected chi connectivity index (χ3v) is 4.45. The van der Waals surface area contributed by atoms with Gasteiger partial charge in [0.1, 0.15) is 5.75 Å². The molecule has 0 aliphatic heterocycles. The molecule has 0 radical (unpaired) electrons. The Kier molecular flexibility index (Phi) is 5.46. The zero-order valence-electron chi connectivity index (χ0n) is 10.8. The Morgan fingerprint density at radius 2 is 2.10 bits per heavy atom. The average molecular weight is 375 g/mol. The normalized spacial score (nSPS) is 10.3. The first kappa shape index (κ1) is 15.4. The van der Waals surface area contributed by atoms with Crippen molar-refractivity contribution in [2.45, 2.75) is 6.54 Å². The van der Waals surface area contributed by atoms with Crippen LogP contribution in [-0.4, -0.2) is 24.5 Å². The van der Waals surface area contributed by atoms with Crippen LogP contribution in [-0.2, 0) is 11.3 Å². The molecule has 0 fully saturated rings. The number of carbonyl (C=O) groups is 1. The fourth-order valence-electron chi connectivity index (χ4n) is 1.58. The van der Waals surface area contributed by atoms with Crippen molar-refractivity contribution in [3.63, 3.8) is 0 Å². The molecule has 0 N–H and O–H groups in total. The van der Waals surface area contributed by atoms with E-state index in [1.807, 2.05) is 11.4 Å². The lowest BCUT2D eigenvalue weighted by Crippen LogP contribution is -2.30. The van der Waals surface area contributed by atoms with Gasteiger partial charge in [-0.25, -0.2) is 0 Å². The van der Waals surface area contributed by atoms with Crippen LogP contribution in [0.25, 0.3) is 0 Å². The fraction of sp³-hybridized carbons (Fsp3) is 0.214. The molecule has 6 heteroatoms. The highest BCUT2D eigenvalue weighted by atomic mass is 79.9. The van der Waals surface area contributed by atoms with Crippen molar-refractivity contribution in [2.75, 3.05) is 13.7 Å². The summed E-state index contributed by atoms with van der Waals surface area (Å²) in [6.45, 7) is 0.592. The molecular formula is C14H13BrClNO2S. The van der Waals surface area contributed by atoms with Gasteiger partial charge in [-0.15, -0.1) is 11.3 Å². The fourth-order valence-corrected chi connectivity index (χ4v) is 2.90. The Hall–Kier alpha value is -1.04. The largest absolute Gasteiger partial charge is 0.484 e. The standard InChI is InChI=1S/C14H13BrClNO2S/c1-17(7-10-6-13(15)20-9-10)14(18)8-19-12-4-2-11(16)3-5-12/h2-6,9H,7-8H2,1H3. The third kappa shape index (κ3) is 4.51. The highest BCUT2D eigenvalue weighted by Crippen LogP contribution is 2.21. The smallest absolute Gasteiger partial charge is 0.260 e. The average Bonchev–Trinajstić information content (AvgIpc) is 2.83. The summed E-state index contributed by atoms with van der Waals surface area (Å²) in [6.07, 6.45) is 0. The van der Waals surface area contributed by atoms with Gasteiger partial charge in [0.15, 0.2) is 6.61 Å². The molecule has 1 aromatic heterocycles. The first-order chi connectivity index (χ1) is 9.54. The highest BCUT2D eigenvalue weighted by molar-refractivity contribution is 9.11. The SMILES string of the molecule is CN(Cc1csc(Br)c1)C(=O)COc1ccc(Cl)cc1. The minimum Gasteiger partial charge on any atom is -0.484 e. The summed E-state index contributed by atoms with van der Waals surface area (Å²) in [4.78, 5) is 13.6. The van der Waals surface area contributed by atoms with Crippen LogP contribution in [0.3, 0.4) is 0 Å². The van der Waals surface area contributed by atoms with Gasteiger partial charge in [0.2, 0.25) is 0 Å². The molecule has 0 aliphatic carbocycles. The second kappa shape index (κ2) is 7.11. The quantitative estimate of drug-likeness (QED) is 0.785. The molecule has 2 aromatic rings. The molecule has 0 saturated heterocycles. The minimum atomic E-state index is -0.0673. The van der Waals surface area contributed by atoms with E-state index in [0.29, 0.717) is 17.3 Å². The van der Waals surface area contributed by atoms with Crippen LogP contribution >= 0.6 is 38.9 Å². The first-order valence-corrected chi connectivity index (χ1v) is 7.95. The van der Waals surface area contributed by atoms with E-state index in [2.05, 4.69) is 15.9 Å². The number of amides is 1. The first-order valence-electron chi connectivity index (χ1n) is 5.90. The number of hydrogen-bond donors (Lipinski definition) is 0. The van der Waals surface area contributed by atoms with Crippen LogP contribution in [0.15, 0.2) is 39.5 Å². The van der Waals surface area contributed by atoms with Crippen molar-refractivity contribution < 1.29 is 9.53 Å². The van der Waals surface area contributed by atoms with E-state index in [9.17, 15) is 4.79 Å². The third-order valence-electron chi connectivity index (χ3n) is 2.64. The summed E-state index contributed by atoms with van der Waals surface area (Å²) in [5, 5.41) is 2.66. The Morgan fingerprint density at radius 3 is 2.70 bits per heavy atom. The van der Waals surface area contributed by atoms with Gasteiger partial charge in [-0.05, 0) is 57.2 Å². The molecule has 0 bridgehead atoms. The number of halogens is 2. The maximum Gasteiger partial charge on any atom is 0.260 e. The number of carbonyl (C=O) groups excluding carboxylic acids is 1. The van der Waals surface area contributed by atoms with Crippen molar-refractivity contribution >= 4 is 44.8 Å². The van der Waals surface area contributed by atoms with Crippen LogP contribution in [0.1, 0.15) is 5.56 Å². The molecule has 1 heterocycles. The maximum absolute atomic E-state index is 12.0. The van der Waals surface area contributed by atoms with E-state index in [1.54, 1.807) is 47.5 Å². The lowest BCUT2D eigenvalue weighted by molar-refractivity contribution is -0.132. The van der Waals surface area contributed by atoms with Crippen LogP contribution < -0.4 is 4.74 Å². The lowest BCUT2D eigenvalue weighted by Gasteiger charge is -2.16. The molecule has 20 heavy (non-hydrogen) atoms. The van der Waals surface area contributed by atoms with Crippen LogP contribution in [0.4, 0.5) is 0 Å². The summed E-state index contributed by atoms with van der Waals surface area (Å²) in [5.74, 6) is 0.566. The van der Waals surface area contributed by atoms with Crippen molar-refractivity contribution in [1.82, 2.24) is 4.90 Å². The Morgan fingerprint density at radius 1 is 1.40 bits per heavy atom. The number of benzene rings is 1. The van der Waals surface area contributed by atoms with Gasteiger partial charge in [0, 0.05) is 18.6 Å². The molecule has 1 amide bonds. The van der Waals surface area contributed by atoms with Gasteiger partial charge in [-0.2, -0.15) is 0 Å². The van der Waals surface area contributed by atoms with Crippen molar-refractivity contribution in [3.8, 4) is 5.75 Å². The van der Waals surface area contributed by atoms with E-state index in [1.165, 1.54) is 0 Å². The molecule has 1 aromatic carbocycles. The van der Waals surface area contributed by atoms with Crippen LogP contribution in [0.2, 0.25) is 5.02 Å². The number of thiophene rings is 1. The summed E-state index contributed by atoms with van der Waals surface area (Å²) < 4.78 is 6.49. The summed E-state index contributed by atoms with van der Waals surface area (Å²) in [6, 6.07) is 8.95. The zero-order valence-corrected chi connectivity index (χ0v) is 14.0. The molecule has 0 saturated carbocycles. The number of likely N-dealkylation sites (N-methyl/N-ethyl adjacent to an activating group) is 1. The highest BCUT2D eigenvalue weighted by Gasteiger charge is 2.11. The zero-order chi connectivity index (χ0) is 14.5. The minimum absolute atomic E-state index is 0.0173. The predicted octanol–water partition coefficient (Wildman–Crippen LogP) is 4.20. The number of rotatable bonds is 5. The maximum atomic E-state index is 12.0. The van der Waals surface area contributed by atoms with Gasteiger partial charge in [-0.1, -0.05) is 11.6 Å². The van der Waals surface area contributed by atoms with Gasteiger partial charge < -0.3 is 9.64 Å². The molecule has 0 unspecified atom stereocenters. The van der Waals surface area contributed by atoms with Crippen LogP contribution in [0, 0.1) is 0 Å². The lowest BCUT2D eigenvalue weighted by atomic mass is 10.3. The van der Waals surface area contributed by atoms with Gasteiger partial charge in [-0.3, -0.25) is 4.79 Å². The van der Waals surface area contributed by atoms with E-state index < -0.39 is 0 Å². The van der Waals surface area contributed by atoms with Crippen molar-refractivity contribution in [2.24, 2.45) is 0 Å². The molecule has 106 valence electrons. The molecule has 0 atom stereocenters. The Bertz CT molecular complexity index is 585. The molecule has 3 nitrogen and oxygen atoms in total. The van der Waals surface area contributed by atoms with Crippen LogP contribution in [0.5, 0.6) is 5.75 Å². The van der Waals surface area contributed by atoms with Gasteiger partial charge in [0.25, 0.3) is 5.91 Å². The van der Waals surface area contributed by atoms with Crippen molar-refractivity contribution in [3.05, 3.63) is 50.1 Å². The van der Waals surface area contributed by atoms with E-state index in [0.717, 1.165) is 9.35 Å². The molecule has 2 rings (SSSR count). The predicted molar refractivity (Wildman–Crippen MR) is 85.4 cm³/mol. The number of hydrogen-bond acceptors (Lipinski definition) is 3. The van der Waals surface area contributed by atoms with Gasteiger partial charge in [0.05, 0.1) is 3.79 Å². The second-order valence-corrected chi connectivity index (χ2v) is 6.98. The molecule has 0 spiro atoms. The van der Waals surface area contributed by atoms with Crippen molar-refractivity contribution in [1.29, 1.82) is 0 Å². The Labute approximate surface area is 135 Å². The van der Waals surface area contributed by atoms with E-state index >= 15 is 0 Å². The molecule has 0 aliphatic rings. The topological polar surface area (TPSA) is 29.5 Å². The summed E-state index contributed by atoms with van der Waals surface area (Å²) in [5.41, 5.74) is 1.10. The monoisotopic (exact) mass is 373 g/mol. The van der Waals surface area contributed by atoms with E-state index in [-0.39, 0.29) is 12.5 Å². The summed E-state index contributed by atoms with van der Waals surface area (Å²) >= 11 is 10.8. The second-order valence-electron chi connectivity index (χ2n) is 4.25.